The first-order valence-electron chi connectivity index (χ1n) is 4.77. The highest BCUT2D eigenvalue weighted by atomic mass is 16.6. The summed E-state index contributed by atoms with van der Waals surface area (Å²) in [5.74, 6) is 0.188. The molecular weight excluding hydrogens is 166 g/mol. The molecule has 3 nitrogen and oxygen atoms in total. The number of esters is 1. The Labute approximate surface area is 80.6 Å². The molecular formula is C10H21NO2. The number of hydrogen-bond acceptors (Lipinski definition) is 3. The normalized spacial score (nSPS) is 13.9. The van der Waals surface area contributed by atoms with Crippen molar-refractivity contribution >= 4 is 5.97 Å². The van der Waals surface area contributed by atoms with Crippen molar-refractivity contribution in [3.63, 3.8) is 0 Å². The zero-order valence-corrected chi connectivity index (χ0v) is 9.09. The minimum atomic E-state index is -0.375. The van der Waals surface area contributed by atoms with Crippen molar-refractivity contribution in [2.24, 2.45) is 11.7 Å². The lowest BCUT2D eigenvalue weighted by Gasteiger charge is -2.20. The second-order valence-corrected chi connectivity index (χ2v) is 4.47. The van der Waals surface area contributed by atoms with Crippen molar-refractivity contribution in [3.8, 4) is 0 Å². The summed E-state index contributed by atoms with van der Waals surface area (Å²) in [4.78, 5) is 11.3. The van der Waals surface area contributed by atoms with E-state index in [1.165, 1.54) is 0 Å². The largest absolute Gasteiger partial charge is 0.460 e. The van der Waals surface area contributed by atoms with Crippen molar-refractivity contribution in [3.05, 3.63) is 0 Å². The molecule has 78 valence electrons. The molecule has 2 N–H and O–H groups in total. The second-order valence-electron chi connectivity index (χ2n) is 4.47. The van der Waals surface area contributed by atoms with Crippen LogP contribution in [0.15, 0.2) is 0 Å². The zero-order chi connectivity index (χ0) is 10.5. The summed E-state index contributed by atoms with van der Waals surface area (Å²) in [7, 11) is 0. The molecule has 0 amide bonds. The van der Waals surface area contributed by atoms with Gasteiger partial charge in [0, 0.05) is 6.42 Å². The van der Waals surface area contributed by atoms with Gasteiger partial charge in [0.1, 0.15) is 5.60 Å². The zero-order valence-electron chi connectivity index (χ0n) is 9.09. The van der Waals surface area contributed by atoms with Crippen LogP contribution in [0.1, 0.15) is 40.5 Å². The van der Waals surface area contributed by atoms with Gasteiger partial charge in [0.25, 0.3) is 0 Å². The number of hydrogen-bond donors (Lipinski definition) is 1. The molecule has 0 aliphatic rings. The Morgan fingerprint density at radius 2 is 2.00 bits per heavy atom. The number of ether oxygens (including phenoxy) is 1. The monoisotopic (exact) mass is 187 g/mol. The van der Waals surface area contributed by atoms with E-state index in [1.54, 1.807) is 0 Å². The Balaban J connectivity index is 3.74. The van der Waals surface area contributed by atoms with Crippen LogP contribution in [-0.2, 0) is 9.53 Å². The van der Waals surface area contributed by atoms with Gasteiger partial charge in [-0.25, -0.2) is 0 Å². The molecule has 0 saturated heterocycles. The molecule has 0 radical (unpaired) electrons. The lowest BCUT2D eigenvalue weighted by molar-refractivity contribution is -0.155. The fourth-order valence-electron chi connectivity index (χ4n) is 1.05. The standard InChI is InChI=1S/C10H21NO2/c1-8(5-6-11)7-9(12)13-10(2,3)4/h8H,5-7,11H2,1-4H3. The first-order valence-corrected chi connectivity index (χ1v) is 4.77. The molecule has 0 rings (SSSR count). The van der Waals surface area contributed by atoms with E-state index >= 15 is 0 Å². The summed E-state index contributed by atoms with van der Waals surface area (Å²) in [5, 5.41) is 0. The number of nitrogens with two attached hydrogens (primary N) is 1. The number of rotatable bonds is 4. The van der Waals surface area contributed by atoms with Gasteiger partial charge in [0.15, 0.2) is 0 Å². The van der Waals surface area contributed by atoms with Gasteiger partial charge >= 0.3 is 5.97 Å². The summed E-state index contributed by atoms with van der Waals surface area (Å²) in [5.41, 5.74) is 5.00. The van der Waals surface area contributed by atoms with E-state index in [1.807, 2.05) is 27.7 Å². The van der Waals surface area contributed by atoms with Gasteiger partial charge in [0.2, 0.25) is 0 Å². The molecule has 0 spiro atoms. The van der Waals surface area contributed by atoms with Crippen LogP contribution in [0, 0.1) is 5.92 Å². The van der Waals surface area contributed by atoms with Crippen LogP contribution >= 0.6 is 0 Å². The fraction of sp³-hybridized carbons (Fsp3) is 0.900. The second kappa shape index (κ2) is 5.22. The Morgan fingerprint density at radius 3 is 2.38 bits per heavy atom. The van der Waals surface area contributed by atoms with Crippen LogP contribution in [-0.4, -0.2) is 18.1 Å². The lowest BCUT2D eigenvalue weighted by atomic mass is 10.0. The molecule has 13 heavy (non-hydrogen) atoms. The fourth-order valence-corrected chi connectivity index (χ4v) is 1.05. The number of carbonyl (C=O) groups is 1. The predicted octanol–water partition coefficient (Wildman–Crippen LogP) is 1.70. The molecule has 0 saturated carbocycles. The van der Waals surface area contributed by atoms with Crippen molar-refractivity contribution < 1.29 is 9.53 Å². The maximum atomic E-state index is 11.3. The van der Waals surface area contributed by atoms with Crippen molar-refractivity contribution in [1.82, 2.24) is 0 Å². The van der Waals surface area contributed by atoms with E-state index in [-0.39, 0.29) is 11.6 Å². The van der Waals surface area contributed by atoms with Gasteiger partial charge in [-0.15, -0.1) is 0 Å². The summed E-state index contributed by atoms with van der Waals surface area (Å²) in [6.07, 6.45) is 1.34. The van der Waals surface area contributed by atoms with Crippen molar-refractivity contribution in [2.45, 2.75) is 46.1 Å². The van der Waals surface area contributed by atoms with Gasteiger partial charge in [-0.2, -0.15) is 0 Å². The van der Waals surface area contributed by atoms with Crippen molar-refractivity contribution in [1.29, 1.82) is 0 Å². The van der Waals surface area contributed by atoms with E-state index in [0.29, 0.717) is 18.9 Å². The van der Waals surface area contributed by atoms with Gasteiger partial charge in [-0.05, 0) is 39.7 Å². The highest BCUT2D eigenvalue weighted by molar-refractivity contribution is 5.70. The summed E-state index contributed by atoms with van der Waals surface area (Å²) >= 11 is 0. The first-order chi connectivity index (χ1) is 5.85. The van der Waals surface area contributed by atoms with Crippen LogP contribution in [0.3, 0.4) is 0 Å². The third-order valence-corrected chi connectivity index (χ3v) is 1.59. The van der Waals surface area contributed by atoms with E-state index in [4.69, 9.17) is 10.5 Å². The Bertz CT molecular complexity index is 161. The summed E-state index contributed by atoms with van der Waals surface area (Å²) in [6, 6.07) is 0. The molecule has 1 unspecified atom stereocenters. The van der Waals surface area contributed by atoms with Gasteiger partial charge < -0.3 is 10.5 Å². The van der Waals surface area contributed by atoms with Gasteiger partial charge in [0.05, 0.1) is 0 Å². The molecule has 3 heteroatoms. The van der Waals surface area contributed by atoms with E-state index in [9.17, 15) is 4.79 Å². The lowest BCUT2D eigenvalue weighted by Crippen LogP contribution is -2.25. The van der Waals surface area contributed by atoms with E-state index in [0.717, 1.165) is 6.42 Å². The third-order valence-electron chi connectivity index (χ3n) is 1.59. The molecule has 0 aliphatic heterocycles. The molecule has 0 aliphatic carbocycles. The molecule has 0 heterocycles. The van der Waals surface area contributed by atoms with Crippen LogP contribution in [0.4, 0.5) is 0 Å². The first kappa shape index (κ1) is 12.4. The molecule has 1 atom stereocenters. The Morgan fingerprint density at radius 1 is 1.46 bits per heavy atom. The maximum Gasteiger partial charge on any atom is 0.306 e. The average molecular weight is 187 g/mol. The van der Waals surface area contributed by atoms with E-state index in [2.05, 4.69) is 0 Å². The van der Waals surface area contributed by atoms with Gasteiger partial charge in [-0.3, -0.25) is 4.79 Å². The van der Waals surface area contributed by atoms with Gasteiger partial charge in [-0.1, -0.05) is 6.92 Å². The summed E-state index contributed by atoms with van der Waals surface area (Å²) in [6.45, 7) is 8.26. The predicted molar refractivity (Wildman–Crippen MR) is 53.3 cm³/mol. The van der Waals surface area contributed by atoms with Crippen LogP contribution < -0.4 is 5.73 Å². The van der Waals surface area contributed by atoms with E-state index < -0.39 is 0 Å². The van der Waals surface area contributed by atoms with Crippen molar-refractivity contribution in [2.75, 3.05) is 6.54 Å². The minimum Gasteiger partial charge on any atom is -0.460 e. The van der Waals surface area contributed by atoms with Crippen LogP contribution in [0.5, 0.6) is 0 Å². The molecule has 0 aromatic rings. The van der Waals surface area contributed by atoms with Crippen LogP contribution in [0.2, 0.25) is 0 Å². The third kappa shape index (κ3) is 7.78. The molecule has 0 aromatic heterocycles. The Hall–Kier alpha value is -0.570. The topological polar surface area (TPSA) is 52.3 Å². The molecule has 0 aromatic carbocycles. The minimum absolute atomic E-state index is 0.131. The quantitative estimate of drug-likeness (QED) is 0.681. The smallest absolute Gasteiger partial charge is 0.306 e. The number of carbonyl (C=O) groups excluding carboxylic acids is 1. The SMILES string of the molecule is CC(CCN)CC(=O)OC(C)(C)C. The molecule has 0 fully saturated rings. The average Bonchev–Trinajstić information content (AvgIpc) is 1.81. The summed E-state index contributed by atoms with van der Waals surface area (Å²) < 4.78 is 5.17. The molecule has 0 bridgehead atoms. The Kier molecular flexibility index (Phi) is 4.99. The highest BCUT2D eigenvalue weighted by Gasteiger charge is 2.17. The highest BCUT2D eigenvalue weighted by Crippen LogP contribution is 2.13. The van der Waals surface area contributed by atoms with Crippen LogP contribution in [0.25, 0.3) is 0 Å². The maximum absolute atomic E-state index is 11.3.